The summed E-state index contributed by atoms with van der Waals surface area (Å²) in [5, 5.41) is 0. The van der Waals surface area contributed by atoms with Gasteiger partial charge in [0.05, 0.1) is 0 Å². The summed E-state index contributed by atoms with van der Waals surface area (Å²) in [4.78, 5) is 12.9. The first-order valence-electron chi connectivity index (χ1n) is 16.2. The van der Waals surface area contributed by atoms with E-state index < -0.39 is 28.4 Å². The Morgan fingerprint density at radius 1 is 1.02 bits per heavy atom. The van der Waals surface area contributed by atoms with Crippen LogP contribution in [0.5, 0.6) is 0 Å². The van der Waals surface area contributed by atoms with Gasteiger partial charge in [-0.05, 0) is 0 Å². The number of sulfonamides is 1. The summed E-state index contributed by atoms with van der Waals surface area (Å²) in [6, 6.07) is 7.18. The molecule has 1 aromatic rings. The van der Waals surface area contributed by atoms with Gasteiger partial charge in [-0.2, -0.15) is 0 Å². The van der Waals surface area contributed by atoms with Crippen LogP contribution in [-0.4, -0.2) is 69.0 Å². The predicted octanol–water partition coefficient (Wildman–Crippen LogP) is 7.43. The van der Waals surface area contributed by atoms with Gasteiger partial charge in [0, 0.05) is 0 Å². The maximum atomic E-state index is 14.2. The second-order valence-corrected chi connectivity index (χ2v) is 27.6. The minimum absolute atomic E-state index is 0.121. The Labute approximate surface area is 253 Å². The molecule has 1 spiro atoms. The number of carbonyl (C=O) groups is 1. The predicted molar refractivity (Wildman–Crippen MR) is 168 cm³/mol. The number of hydrogen-bond donors (Lipinski definition) is 0. The molecule has 4 atom stereocenters. The third kappa shape index (κ3) is 6.78. The number of benzene rings is 1. The van der Waals surface area contributed by atoms with Gasteiger partial charge >= 0.3 is 255 Å². The SMILES string of the molecule is CCC[CH2][Sn]([CH]=C1CN(S(=O)(=O)c2ccc(C)cc2)[C@H]2CC[C@@H]3[C@H](CC(=O)OCC)OC[C@@]132)([CH2]CCC)[CH2]CCC. The van der Waals surface area contributed by atoms with Crippen molar-refractivity contribution in [1.29, 1.82) is 0 Å². The van der Waals surface area contributed by atoms with Gasteiger partial charge in [-0.1, -0.05) is 0 Å². The molecule has 0 unspecified atom stereocenters. The molecule has 1 aliphatic carbocycles. The van der Waals surface area contributed by atoms with Gasteiger partial charge in [-0.15, -0.1) is 0 Å². The van der Waals surface area contributed by atoms with Gasteiger partial charge in [0.25, 0.3) is 0 Å². The third-order valence-corrected chi connectivity index (χ3v) is 26.3. The summed E-state index contributed by atoms with van der Waals surface area (Å²) in [5.74, 6) is -0.0677. The second kappa shape index (κ2) is 14.3. The molecular formula is C33H53NO5SSn. The number of carbonyl (C=O) groups excluding carboxylic acids is 1. The third-order valence-electron chi connectivity index (χ3n) is 10.1. The molecule has 3 aliphatic rings. The molecule has 0 amide bonds. The average molecular weight is 695 g/mol. The maximum absolute atomic E-state index is 14.2. The molecule has 2 saturated heterocycles. The van der Waals surface area contributed by atoms with Crippen molar-refractivity contribution in [2.24, 2.45) is 11.3 Å². The Balaban J connectivity index is 1.81. The number of rotatable bonds is 15. The van der Waals surface area contributed by atoms with Gasteiger partial charge in [0.1, 0.15) is 0 Å². The fourth-order valence-electron chi connectivity index (χ4n) is 7.96. The van der Waals surface area contributed by atoms with Crippen LogP contribution in [0.1, 0.15) is 91.0 Å². The van der Waals surface area contributed by atoms with E-state index in [9.17, 15) is 13.2 Å². The summed E-state index contributed by atoms with van der Waals surface area (Å²) < 4.78 is 48.9. The van der Waals surface area contributed by atoms with Crippen LogP contribution in [0.2, 0.25) is 13.3 Å². The topological polar surface area (TPSA) is 72.9 Å². The van der Waals surface area contributed by atoms with Crippen molar-refractivity contribution in [3.8, 4) is 0 Å². The average Bonchev–Trinajstić information content (AvgIpc) is 3.59. The first-order valence-corrected chi connectivity index (χ1v) is 25.4. The van der Waals surface area contributed by atoms with Crippen molar-refractivity contribution in [2.75, 3.05) is 19.8 Å². The normalized spacial score (nSPS) is 27.3. The van der Waals surface area contributed by atoms with Crippen LogP contribution in [0.15, 0.2) is 38.8 Å². The molecule has 1 saturated carbocycles. The summed E-state index contributed by atoms with van der Waals surface area (Å²) >= 11 is -2.79. The molecule has 0 aromatic heterocycles. The molecule has 0 N–H and O–H groups in total. The van der Waals surface area contributed by atoms with Crippen molar-refractivity contribution in [3.63, 3.8) is 0 Å². The Hall–Kier alpha value is -0.901. The van der Waals surface area contributed by atoms with Crippen LogP contribution >= 0.6 is 0 Å². The van der Waals surface area contributed by atoms with Crippen molar-refractivity contribution in [3.05, 3.63) is 39.5 Å². The number of nitrogens with zero attached hydrogens (tertiary/aromatic N) is 1. The zero-order chi connectivity index (χ0) is 29.7. The second-order valence-electron chi connectivity index (χ2n) is 12.8. The van der Waals surface area contributed by atoms with E-state index in [-0.39, 0.29) is 35.9 Å². The van der Waals surface area contributed by atoms with Gasteiger partial charge in [0.2, 0.25) is 0 Å². The van der Waals surface area contributed by atoms with Crippen LogP contribution in [0.4, 0.5) is 0 Å². The Morgan fingerprint density at radius 2 is 1.63 bits per heavy atom. The molecular weight excluding hydrogens is 641 g/mol. The van der Waals surface area contributed by atoms with Gasteiger partial charge in [-0.3, -0.25) is 0 Å². The molecule has 0 radical (unpaired) electrons. The molecule has 2 aliphatic heterocycles. The number of ether oxygens (including phenoxy) is 2. The van der Waals surface area contributed by atoms with Crippen molar-refractivity contribution in [1.82, 2.24) is 4.31 Å². The summed E-state index contributed by atoms with van der Waals surface area (Å²) in [5.41, 5.74) is 2.06. The van der Waals surface area contributed by atoms with Gasteiger partial charge in [-0.25, -0.2) is 0 Å². The molecule has 6 nitrogen and oxygen atoms in total. The van der Waals surface area contributed by atoms with E-state index in [1.807, 2.05) is 30.3 Å². The van der Waals surface area contributed by atoms with Crippen LogP contribution < -0.4 is 0 Å². The van der Waals surface area contributed by atoms with E-state index in [0.717, 1.165) is 18.4 Å². The van der Waals surface area contributed by atoms with E-state index in [1.165, 1.54) is 57.4 Å². The molecule has 41 heavy (non-hydrogen) atoms. The molecule has 2 heterocycles. The van der Waals surface area contributed by atoms with Crippen LogP contribution in [0, 0.1) is 18.3 Å². The zero-order valence-corrected chi connectivity index (χ0v) is 29.8. The van der Waals surface area contributed by atoms with E-state index in [0.29, 0.717) is 24.7 Å². The Morgan fingerprint density at radius 3 is 2.20 bits per heavy atom. The molecule has 4 rings (SSSR count). The molecule has 3 fully saturated rings. The van der Waals surface area contributed by atoms with Crippen LogP contribution in [0.25, 0.3) is 0 Å². The zero-order valence-electron chi connectivity index (χ0n) is 26.1. The van der Waals surface area contributed by atoms with Crippen LogP contribution in [-0.2, 0) is 24.3 Å². The summed E-state index contributed by atoms with van der Waals surface area (Å²) in [6.45, 7) is 12.0. The fourth-order valence-corrected chi connectivity index (χ4v) is 25.2. The Kier molecular flexibility index (Phi) is 11.5. The molecule has 0 bridgehead atoms. The number of aryl methyl sites for hydroxylation is 1. The molecule has 8 heteroatoms. The number of hydrogen-bond acceptors (Lipinski definition) is 5. The van der Waals surface area contributed by atoms with Gasteiger partial charge < -0.3 is 0 Å². The van der Waals surface area contributed by atoms with Crippen molar-refractivity contribution < 1.29 is 22.7 Å². The summed E-state index contributed by atoms with van der Waals surface area (Å²) in [7, 11) is -3.67. The monoisotopic (exact) mass is 695 g/mol. The first kappa shape index (κ1) is 33.0. The quantitative estimate of drug-likeness (QED) is 0.141. The number of unbranched alkanes of at least 4 members (excludes halogenated alkanes) is 3. The van der Waals surface area contributed by atoms with Gasteiger partial charge in [0.15, 0.2) is 0 Å². The Bertz CT molecular complexity index is 1140. The van der Waals surface area contributed by atoms with E-state index in [1.54, 1.807) is 12.1 Å². The first-order chi connectivity index (χ1) is 19.7. The molecule has 230 valence electrons. The van der Waals surface area contributed by atoms with E-state index >= 15 is 0 Å². The van der Waals surface area contributed by atoms with E-state index in [4.69, 9.17) is 9.47 Å². The number of esters is 1. The summed E-state index contributed by atoms with van der Waals surface area (Å²) in [6.07, 6.45) is 9.14. The van der Waals surface area contributed by atoms with Crippen molar-refractivity contribution in [2.45, 2.75) is 123 Å². The van der Waals surface area contributed by atoms with Crippen LogP contribution in [0.3, 0.4) is 0 Å². The van der Waals surface area contributed by atoms with E-state index in [2.05, 4.69) is 24.9 Å². The standard InChI is InChI=1S/C21H26NO5S.3C4H9.Sn/c1-4-26-20(23)11-18-17-9-10-19-21(17,13-27-18)15(3)12-22(19)28(24,25)16-7-5-14(2)6-8-16;3*1-3-4-2;/h3,5-8,17-19H,4,9-13H2,1-2H3;3*1,3-4H2,2H3;/t17-,18+,19+,21-;;;;/m1..../s1. The fraction of sp³-hybridized carbons (Fsp3) is 0.727. The van der Waals surface area contributed by atoms with Crippen molar-refractivity contribution >= 4 is 34.4 Å². The minimum atomic E-state index is -3.67. The molecule has 1 aromatic carbocycles.